The molecule has 42 valence electrons. The van der Waals surface area contributed by atoms with Crippen LogP contribution in [0.25, 0.3) is 0 Å². The molecule has 1 aliphatic rings. The summed E-state index contributed by atoms with van der Waals surface area (Å²) in [6.07, 6.45) is 7.25. The summed E-state index contributed by atoms with van der Waals surface area (Å²) in [6, 6.07) is 0. The molecule has 0 spiro atoms. The molecular formula is C5H10S2. The quantitative estimate of drug-likeness (QED) is 0.531. The van der Waals surface area contributed by atoms with Crippen LogP contribution in [0.4, 0.5) is 0 Å². The maximum absolute atomic E-state index is 2.20. The third-order valence-electron chi connectivity index (χ3n) is 1.40. The summed E-state index contributed by atoms with van der Waals surface area (Å²) in [6.45, 7) is 0. The van der Waals surface area contributed by atoms with Crippen molar-refractivity contribution in [2.24, 2.45) is 0 Å². The van der Waals surface area contributed by atoms with E-state index in [0.717, 1.165) is 0 Å². The third-order valence-corrected chi connectivity index (χ3v) is 4.71. The first-order chi connectivity index (χ1) is 3.33. The smallest absolute Gasteiger partial charge is 0.0607 e. The average molecular weight is 134 g/mol. The molecule has 0 atom stereocenters. The average Bonchev–Trinajstić information content (AvgIpc) is 2.46. The highest BCUT2D eigenvalue weighted by molar-refractivity contribution is 8.18. The van der Waals surface area contributed by atoms with E-state index in [-0.39, 0.29) is 0 Å². The lowest BCUT2D eigenvalue weighted by atomic mass is 10.9. The van der Waals surface area contributed by atoms with Gasteiger partial charge in [-0.3, -0.25) is 0 Å². The predicted molar refractivity (Wildman–Crippen MR) is 39.0 cm³/mol. The Morgan fingerprint density at radius 2 is 1.57 bits per heavy atom. The van der Waals surface area contributed by atoms with E-state index >= 15 is 0 Å². The molecule has 1 saturated carbocycles. The number of rotatable bonds is 2. The second-order valence-electron chi connectivity index (χ2n) is 1.82. The van der Waals surface area contributed by atoms with Crippen LogP contribution in [0.2, 0.25) is 0 Å². The minimum Gasteiger partial charge on any atom is -0.148 e. The van der Waals surface area contributed by atoms with Crippen LogP contribution in [0.15, 0.2) is 0 Å². The van der Waals surface area contributed by atoms with Crippen molar-refractivity contribution < 1.29 is 0 Å². The number of hydrogen-bond acceptors (Lipinski definition) is 2. The first-order valence-electron chi connectivity index (χ1n) is 2.43. The highest BCUT2D eigenvalue weighted by Gasteiger charge is 2.40. The molecule has 0 N–H and O–H groups in total. The van der Waals surface area contributed by atoms with Crippen molar-refractivity contribution in [2.75, 3.05) is 12.5 Å². The van der Waals surface area contributed by atoms with E-state index in [2.05, 4.69) is 12.5 Å². The highest BCUT2D eigenvalue weighted by atomic mass is 32.2. The lowest BCUT2D eigenvalue weighted by Gasteiger charge is -2.04. The molecule has 0 bridgehead atoms. The minimum absolute atomic E-state index is 0.667. The monoisotopic (exact) mass is 134 g/mol. The van der Waals surface area contributed by atoms with E-state index in [0.29, 0.717) is 4.08 Å². The minimum atomic E-state index is 0.667. The molecule has 0 heterocycles. The molecule has 0 amide bonds. The van der Waals surface area contributed by atoms with Gasteiger partial charge in [0.1, 0.15) is 0 Å². The van der Waals surface area contributed by atoms with E-state index in [9.17, 15) is 0 Å². The fourth-order valence-electron chi connectivity index (χ4n) is 0.594. The predicted octanol–water partition coefficient (Wildman–Crippen LogP) is 2.20. The Morgan fingerprint density at radius 3 is 1.57 bits per heavy atom. The zero-order chi connectivity index (χ0) is 5.33. The maximum Gasteiger partial charge on any atom is 0.0607 e. The number of thioether (sulfide) groups is 2. The van der Waals surface area contributed by atoms with Gasteiger partial charge in [0.15, 0.2) is 0 Å². The Kier molecular flexibility index (Phi) is 1.58. The molecule has 0 aromatic carbocycles. The van der Waals surface area contributed by atoms with E-state index in [4.69, 9.17) is 0 Å². The molecule has 0 aliphatic heterocycles. The fraction of sp³-hybridized carbons (Fsp3) is 1.00. The molecule has 0 aromatic rings. The van der Waals surface area contributed by atoms with Gasteiger partial charge in [0.2, 0.25) is 0 Å². The van der Waals surface area contributed by atoms with Gasteiger partial charge in [-0.15, -0.1) is 23.5 Å². The largest absolute Gasteiger partial charge is 0.148 e. The Hall–Kier alpha value is 0.700. The Bertz CT molecular complexity index is 60.5. The number of hydrogen-bond donors (Lipinski definition) is 0. The molecule has 1 fully saturated rings. The van der Waals surface area contributed by atoms with Gasteiger partial charge in [-0.25, -0.2) is 0 Å². The zero-order valence-electron chi connectivity index (χ0n) is 4.73. The topological polar surface area (TPSA) is 0 Å². The maximum atomic E-state index is 2.20. The lowest BCUT2D eigenvalue weighted by molar-refractivity contribution is 1.41. The van der Waals surface area contributed by atoms with Crippen LogP contribution in [-0.4, -0.2) is 16.6 Å². The van der Waals surface area contributed by atoms with Crippen molar-refractivity contribution in [3.63, 3.8) is 0 Å². The van der Waals surface area contributed by atoms with E-state index in [1.54, 1.807) is 0 Å². The molecule has 1 aliphatic carbocycles. The van der Waals surface area contributed by atoms with E-state index in [1.807, 2.05) is 23.5 Å². The van der Waals surface area contributed by atoms with Crippen molar-refractivity contribution >= 4 is 23.5 Å². The second kappa shape index (κ2) is 1.90. The van der Waals surface area contributed by atoms with Crippen molar-refractivity contribution in [2.45, 2.75) is 16.9 Å². The van der Waals surface area contributed by atoms with Crippen molar-refractivity contribution in [1.82, 2.24) is 0 Å². The SMILES string of the molecule is CSC1(SC)CC1. The van der Waals surface area contributed by atoms with Crippen LogP contribution in [0, 0.1) is 0 Å². The molecule has 0 unspecified atom stereocenters. The van der Waals surface area contributed by atoms with Crippen LogP contribution in [0.5, 0.6) is 0 Å². The molecule has 2 heteroatoms. The summed E-state index contributed by atoms with van der Waals surface area (Å²) in [7, 11) is 0. The summed E-state index contributed by atoms with van der Waals surface area (Å²) < 4.78 is 0.667. The first-order valence-corrected chi connectivity index (χ1v) is 4.88. The van der Waals surface area contributed by atoms with Gasteiger partial charge in [0.25, 0.3) is 0 Å². The molecule has 0 nitrogen and oxygen atoms in total. The second-order valence-corrected chi connectivity index (χ2v) is 4.46. The summed E-state index contributed by atoms with van der Waals surface area (Å²) in [4.78, 5) is 0. The normalized spacial score (nSPS) is 24.9. The van der Waals surface area contributed by atoms with Crippen LogP contribution in [0.1, 0.15) is 12.8 Å². The Morgan fingerprint density at radius 1 is 1.14 bits per heavy atom. The van der Waals surface area contributed by atoms with Gasteiger partial charge in [0, 0.05) is 0 Å². The summed E-state index contributed by atoms with van der Waals surface area (Å²) in [5.74, 6) is 0. The Balaban J connectivity index is 2.28. The van der Waals surface area contributed by atoms with Gasteiger partial charge in [-0.1, -0.05) is 0 Å². The van der Waals surface area contributed by atoms with Crippen LogP contribution in [0.3, 0.4) is 0 Å². The van der Waals surface area contributed by atoms with Gasteiger partial charge in [0.05, 0.1) is 4.08 Å². The van der Waals surface area contributed by atoms with Crippen LogP contribution in [-0.2, 0) is 0 Å². The molecule has 1 rings (SSSR count). The molecular weight excluding hydrogens is 124 g/mol. The van der Waals surface area contributed by atoms with Crippen molar-refractivity contribution in [3.05, 3.63) is 0 Å². The van der Waals surface area contributed by atoms with Gasteiger partial charge in [-0.05, 0) is 25.4 Å². The van der Waals surface area contributed by atoms with Crippen LogP contribution >= 0.6 is 23.5 Å². The third kappa shape index (κ3) is 1.08. The summed E-state index contributed by atoms with van der Waals surface area (Å²) in [5, 5.41) is 0. The van der Waals surface area contributed by atoms with Gasteiger partial charge in [-0.2, -0.15) is 0 Å². The van der Waals surface area contributed by atoms with Crippen molar-refractivity contribution in [1.29, 1.82) is 0 Å². The molecule has 0 radical (unpaired) electrons. The van der Waals surface area contributed by atoms with E-state index in [1.165, 1.54) is 12.8 Å². The van der Waals surface area contributed by atoms with Gasteiger partial charge >= 0.3 is 0 Å². The Labute approximate surface area is 53.4 Å². The van der Waals surface area contributed by atoms with Crippen LogP contribution < -0.4 is 0 Å². The zero-order valence-corrected chi connectivity index (χ0v) is 6.36. The standard InChI is InChI=1S/C5H10S2/c1-6-5(7-2)3-4-5/h3-4H2,1-2H3. The molecule has 7 heavy (non-hydrogen) atoms. The summed E-state index contributed by atoms with van der Waals surface area (Å²) in [5.41, 5.74) is 0. The van der Waals surface area contributed by atoms with Crippen molar-refractivity contribution in [3.8, 4) is 0 Å². The molecule has 0 saturated heterocycles. The summed E-state index contributed by atoms with van der Waals surface area (Å²) >= 11 is 4.00. The first kappa shape index (κ1) is 5.83. The van der Waals surface area contributed by atoms with E-state index < -0.39 is 0 Å². The lowest BCUT2D eigenvalue weighted by Crippen LogP contribution is -1.89. The highest BCUT2D eigenvalue weighted by Crippen LogP contribution is 2.54. The molecule has 0 aromatic heterocycles. The van der Waals surface area contributed by atoms with Gasteiger partial charge < -0.3 is 0 Å². The fourth-order valence-corrected chi connectivity index (χ4v) is 2.28.